The van der Waals surface area contributed by atoms with E-state index in [1.807, 2.05) is 6.92 Å². The lowest BCUT2D eigenvalue weighted by Crippen LogP contribution is -2.35. The van der Waals surface area contributed by atoms with E-state index in [1.54, 1.807) is 25.3 Å². The SMILES string of the molecule is C#CCC(N)C(=O)Nc1ccc(OC)c(OCC)c1. The van der Waals surface area contributed by atoms with Crippen LogP contribution in [0.4, 0.5) is 5.69 Å². The van der Waals surface area contributed by atoms with Crippen LogP contribution in [0.2, 0.25) is 0 Å². The Balaban J connectivity index is 2.82. The van der Waals surface area contributed by atoms with E-state index < -0.39 is 6.04 Å². The average Bonchev–Trinajstić information content (AvgIpc) is 2.39. The molecule has 0 aliphatic rings. The second kappa shape index (κ2) is 7.29. The van der Waals surface area contributed by atoms with E-state index in [9.17, 15) is 4.79 Å². The fraction of sp³-hybridized carbons (Fsp3) is 0.357. The van der Waals surface area contributed by atoms with Gasteiger partial charge in [0, 0.05) is 18.2 Å². The molecule has 0 bridgehead atoms. The molecule has 0 radical (unpaired) electrons. The Morgan fingerprint density at radius 2 is 2.26 bits per heavy atom. The minimum Gasteiger partial charge on any atom is -0.493 e. The monoisotopic (exact) mass is 262 g/mol. The first-order valence-electron chi connectivity index (χ1n) is 5.93. The first-order valence-corrected chi connectivity index (χ1v) is 5.93. The summed E-state index contributed by atoms with van der Waals surface area (Å²) < 4.78 is 10.6. The summed E-state index contributed by atoms with van der Waals surface area (Å²) in [5, 5.41) is 2.68. The molecule has 5 heteroatoms. The van der Waals surface area contributed by atoms with Crippen molar-refractivity contribution in [1.29, 1.82) is 0 Å². The maximum Gasteiger partial charge on any atom is 0.242 e. The number of methoxy groups -OCH3 is 1. The van der Waals surface area contributed by atoms with Crippen molar-refractivity contribution < 1.29 is 14.3 Å². The van der Waals surface area contributed by atoms with Gasteiger partial charge < -0.3 is 20.5 Å². The van der Waals surface area contributed by atoms with Crippen molar-refractivity contribution in [3.8, 4) is 23.8 Å². The molecular weight excluding hydrogens is 244 g/mol. The summed E-state index contributed by atoms with van der Waals surface area (Å²) in [6.45, 7) is 2.37. The van der Waals surface area contributed by atoms with Crippen molar-refractivity contribution in [3.63, 3.8) is 0 Å². The standard InChI is InChI=1S/C14H18N2O3/c1-4-6-11(15)14(17)16-10-7-8-12(18-3)13(9-10)19-5-2/h1,7-9,11H,5-6,15H2,2-3H3,(H,16,17). The molecule has 0 saturated heterocycles. The highest BCUT2D eigenvalue weighted by Crippen LogP contribution is 2.30. The Morgan fingerprint density at radius 1 is 1.53 bits per heavy atom. The van der Waals surface area contributed by atoms with Crippen LogP contribution in [0, 0.1) is 12.3 Å². The first-order chi connectivity index (χ1) is 9.12. The molecule has 0 aromatic heterocycles. The van der Waals surface area contributed by atoms with Gasteiger partial charge in [0.2, 0.25) is 5.91 Å². The molecular formula is C14H18N2O3. The van der Waals surface area contributed by atoms with E-state index in [2.05, 4.69) is 11.2 Å². The highest BCUT2D eigenvalue weighted by atomic mass is 16.5. The number of benzene rings is 1. The van der Waals surface area contributed by atoms with E-state index in [0.29, 0.717) is 23.8 Å². The van der Waals surface area contributed by atoms with Gasteiger partial charge in [0.15, 0.2) is 11.5 Å². The maximum atomic E-state index is 11.7. The molecule has 0 aliphatic carbocycles. The van der Waals surface area contributed by atoms with Gasteiger partial charge in [0.05, 0.1) is 19.8 Å². The average molecular weight is 262 g/mol. The van der Waals surface area contributed by atoms with Crippen LogP contribution in [-0.2, 0) is 4.79 Å². The second-order valence-corrected chi connectivity index (χ2v) is 3.80. The predicted molar refractivity (Wildman–Crippen MR) is 74.2 cm³/mol. The van der Waals surface area contributed by atoms with E-state index in [0.717, 1.165) is 0 Å². The molecule has 0 spiro atoms. The maximum absolute atomic E-state index is 11.7. The third-order valence-electron chi connectivity index (χ3n) is 2.41. The first kappa shape index (κ1) is 14.9. The molecule has 1 aromatic carbocycles. The molecule has 19 heavy (non-hydrogen) atoms. The quantitative estimate of drug-likeness (QED) is 0.760. The molecule has 1 aromatic rings. The van der Waals surface area contributed by atoms with Gasteiger partial charge in [0.1, 0.15) is 0 Å². The second-order valence-electron chi connectivity index (χ2n) is 3.80. The van der Waals surface area contributed by atoms with E-state index in [4.69, 9.17) is 21.6 Å². The zero-order chi connectivity index (χ0) is 14.3. The number of nitrogens with two attached hydrogens (primary N) is 1. The van der Waals surface area contributed by atoms with Gasteiger partial charge in [-0.2, -0.15) is 0 Å². The van der Waals surface area contributed by atoms with Crippen molar-refractivity contribution in [2.45, 2.75) is 19.4 Å². The lowest BCUT2D eigenvalue weighted by Gasteiger charge is -2.13. The van der Waals surface area contributed by atoms with E-state index in [-0.39, 0.29) is 12.3 Å². The number of hydrogen-bond acceptors (Lipinski definition) is 4. The zero-order valence-electron chi connectivity index (χ0n) is 11.1. The number of terminal acetylenes is 1. The molecule has 0 aliphatic heterocycles. The van der Waals surface area contributed by atoms with Crippen LogP contribution >= 0.6 is 0 Å². The number of amides is 1. The van der Waals surface area contributed by atoms with Gasteiger partial charge in [-0.1, -0.05) is 0 Å². The third-order valence-corrected chi connectivity index (χ3v) is 2.41. The molecule has 1 amide bonds. The largest absolute Gasteiger partial charge is 0.493 e. The van der Waals surface area contributed by atoms with Crippen LogP contribution in [0.3, 0.4) is 0 Å². The predicted octanol–water partition coefficient (Wildman–Crippen LogP) is 1.38. The summed E-state index contributed by atoms with van der Waals surface area (Å²) in [6, 6.07) is 4.39. The summed E-state index contributed by atoms with van der Waals surface area (Å²) in [5.41, 5.74) is 6.20. The Kier molecular flexibility index (Phi) is 5.71. The molecule has 0 fully saturated rings. The van der Waals surface area contributed by atoms with Crippen molar-refractivity contribution in [1.82, 2.24) is 0 Å². The summed E-state index contributed by atoms with van der Waals surface area (Å²) in [4.78, 5) is 11.7. The summed E-state index contributed by atoms with van der Waals surface area (Å²) in [5.74, 6) is 3.19. The minimum absolute atomic E-state index is 0.195. The van der Waals surface area contributed by atoms with E-state index >= 15 is 0 Å². The van der Waals surface area contributed by atoms with Crippen LogP contribution in [0.25, 0.3) is 0 Å². The molecule has 5 nitrogen and oxygen atoms in total. The summed E-state index contributed by atoms with van der Waals surface area (Å²) in [6.07, 6.45) is 5.31. The van der Waals surface area contributed by atoms with Crippen LogP contribution in [0.1, 0.15) is 13.3 Å². The molecule has 102 valence electrons. The fourth-order valence-corrected chi connectivity index (χ4v) is 1.48. The third kappa shape index (κ3) is 4.19. The van der Waals surface area contributed by atoms with Crippen molar-refractivity contribution in [3.05, 3.63) is 18.2 Å². The normalized spacial score (nSPS) is 11.3. The molecule has 1 atom stereocenters. The van der Waals surface area contributed by atoms with Crippen LogP contribution in [0.15, 0.2) is 18.2 Å². The highest BCUT2D eigenvalue weighted by Gasteiger charge is 2.13. The van der Waals surface area contributed by atoms with Gasteiger partial charge in [-0.15, -0.1) is 12.3 Å². The molecule has 0 saturated carbocycles. The van der Waals surface area contributed by atoms with Gasteiger partial charge in [-0.3, -0.25) is 4.79 Å². The van der Waals surface area contributed by atoms with Crippen LogP contribution in [-0.4, -0.2) is 25.7 Å². The molecule has 0 heterocycles. The number of anilines is 1. The van der Waals surface area contributed by atoms with Gasteiger partial charge in [0.25, 0.3) is 0 Å². The topological polar surface area (TPSA) is 73.6 Å². The lowest BCUT2D eigenvalue weighted by molar-refractivity contribution is -0.117. The summed E-state index contributed by atoms with van der Waals surface area (Å²) >= 11 is 0. The van der Waals surface area contributed by atoms with Crippen LogP contribution in [0.5, 0.6) is 11.5 Å². The highest BCUT2D eigenvalue weighted by molar-refractivity contribution is 5.95. The number of carbonyl (C=O) groups excluding carboxylic acids is 1. The summed E-state index contributed by atoms with van der Waals surface area (Å²) in [7, 11) is 1.55. The molecule has 3 N–H and O–H groups in total. The Labute approximate surface area is 113 Å². The number of ether oxygens (including phenoxy) is 2. The number of nitrogens with one attached hydrogen (secondary N) is 1. The van der Waals surface area contributed by atoms with Crippen LogP contribution < -0.4 is 20.5 Å². The molecule has 1 unspecified atom stereocenters. The smallest absolute Gasteiger partial charge is 0.242 e. The Morgan fingerprint density at radius 3 is 2.84 bits per heavy atom. The van der Waals surface area contributed by atoms with Gasteiger partial charge in [-0.25, -0.2) is 0 Å². The number of rotatable bonds is 6. The van der Waals surface area contributed by atoms with E-state index in [1.165, 1.54) is 0 Å². The number of carbonyl (C=O) groups is 1. The zero-order valence-corrected chi connectivity index (χ0v) is 11.1. The van der Waals surface area contributed by atoms with Crippen molar-refractivity contribution in [2.24, 2.45) is 5.73 Å². The Hall–Kier alpha value is -2.19. The Bertz CT molecular complexity index is 480. The van der Waals surface area contributed by atoms with Crippen molar-refractivity contribution in [2.75, 3.05) is 19.0 Å². The number of hydrogen-bond donors (Lipinski definition) is 2. The fourth-order valence-electron chi connectivity index (χ4n) is 1.48. The van der Waals surface area contributed by atoms with Crippen molar-refractivity contribution >= 4 is 11.6 Å². The lowest BCUT2D eigenvalue weighted by atomic mass is 10.2. The molecule has 1 rings (SSSR count). The van der Waals surface area contributed by atoms with Gasteiger partial charge >= 0.3 is 0 Å². The van der Waals surface area contributed by atoms with Gasteiger partial charge in [-0.05, 0) is 19.1 Å². The minimum atomic E-state index is -0.720.